The molecule has 0 bridgehead atoms. The van der Waals surface area contributed by atoms with Crippen LogP contribution in [0.1, 0.15) is 41.3 Å². The van der Waals surface area contributed by atoms with E-state index >= 15 is 0 Å². The predicted molar refractivity (Wildman–Crippen MR) is 123 cm³/mol. The van der Waals surface area contributed by atoms with E-state index in [1.807, 2.05) is 19.9 Å². The average molecular weight is 450 g/mol. The van der Waals surface area contributed by atoms with Crippen LogP contribution in [0, 0.1) is 0 Å². The first-order valence-corrected chi connectivity index (χ1v) is 10.3. The number of rotatable bonds is 4. The lowest BCUT2D eigenvalue weighted by Gasteiger charge is -2.16. The summed E-state index contributed by atoms with van der Waals surface area (Å²) in [5.41, 5.74) is 7.24. The van der Waals surface area contributed by atoms with E-state index in [2.05, 4.69) is 15.3 Å². The Bertz CT molecular complexity index is 1350. The SMILES string of the molecule is CC(C)c1cccc(C(=O)Nc2ccc(C(F)(F)F)c(-c3ccc4nc(N)ncc4c3)c2)c1. The summed E-state index contributed by atoms with van der Waals surface area (Å²) in [6.07, 6.45) is -3.11. The molecule has 0 aliphatic carbocycles. The van der Waals surface area contributed by atoms with Crippen molar-refractivity contribution < 1.29 is 18.0 Å². The second-order valence-corrected chi connectivity index (χ2v) is 7.99. The van der Waals surface area contributed by atoms with Crippen molar-refractivity contribution in [3.8, 4) is 11.1 Å². The van der Waals surface area contributed by atoms with Crippen LogP contribution in [-0.4, -0.2) is 15.9 Å². The zero-order chi connectivity index (χ0) is 23.8. The van der Waals surface area contributed by atoms with E-state index in [0.29, 0.717) is 22.0 Å². The highest BCUT2D eigenvalue weighted by Gasteiger charge is 2.34. The topological polar surface area (TPSA) is 80.9 Å². The quantitative estimate of drug-likeness (QED) is 0.384. The second kappa shape index (κ2) is 8.54. The Kier molecular flexibility index (Phi) is 5.76. The van der Waals surface area contributed by atoms with Crippen molar-refractivity contribution in [2.75, 3.05) is 11.1 Å². The molecule has 1 heterocycles. The van der Waals surface area contributed by atoms with E-state index in [4.69, 9.17) is 5.73 Å². The summed E-state index contributed by atoms with van der Waals surface area (Å²) in [4.78, 5) is 20.8. The van der Waals surface area contributed by atoms with Gasteiger partial charge in [-0.15, -0.1) is 0 Å². The fraction of sp³-hybridized carbons (Fsp3) is 0.160. The largest absolute Gasteiger partial charge is 0.417 e. The molecule has 4 aromatic rings. The summed E-state index contributed by atoms with van der Waals surface area (Å²) in [6, 6.07) is 15.4. The minimum atomic E-state index is -4.57. The summed E-state index contributed by atoms with van der Waals surface area (Å²) in [5, 5.41) is 3.26. The molecule has 0 aliphatic rings. The van der Waals surface area contributed by atoms with Crippen molar-refractivity contribution in [2.45, 2.75) is 25.9 Å². The van der Waals surface area contributed by atoms with Crippen molar-refractivity contribution in [3.05, 3.63) is 83.6 Å². The number of halogens is 3. The molecule has 168 valence electrons. The van der Waals surface area contributed by atoms with E-state index in [0.717, 1.165) is 11.6 Å². The second-order valence-electron chi connectivity index (χ2n) is 7.99. The predicted octanol–water partition coefficient (Wildman–Crippen LogP) is 6.27. The number of alkyl halides is 3. The number of carbonyl (C=O) groups excluding carboxylic acids is 1. The average Bonchev–Trinajstić information content (AvgIpc) is 2.78. The molecule has 0 radical (unpaired) electrons. The molecule has 0 unspecified atom stereocenters. The molecule has 33 heavy (non-hydrogen) atoms. The van der Waals surface area contributed by atoms with Gasteiger partial charge in [-0.25, -0.2) is 9.97 Å². The van der Waals surface area contributed by atoms with Gasteiger partial charge in [0.25, 0.3) is 5.91 Å². The number of benzene rings is 3. The van der Waals surface area contributed by atoms with Crippen molar-refractivity contribution in [3.63, 3.8) is 0 Å². The minimum Gasteiger partial charge on any atom is -0.368 e. The monoisotopic (exact) mass is 450 g/mol. The molecular formula is C25H21F3N4O. The Morgan fingerprint density at radius 3 is 2.55 bits per heavy atom. The van der Waals surface area contributed by atoms with E-state index < -0.39 is 17.6 Å². The maximum Gasteiger partial charge on any atom is 0.417 e. The van der Waals surface area contributed by atoms with Crippen LogP contribution in [0.25, 0.3) is 22.0 Å². The van der Waals surface area contributed by atoms with Gasteiger partial charge >= 0.3 is 6.18 Å². The van der Waals surface area contributed by atoms with Gasteiger partial charge < -0.3 is 11.1 Å². The Labute approximate surface area is 188 Å². The highest BCUT2D eigenvalue weighted by atomic mass is 19.4. The number of anilines is 2. The number of nitrogens with two attached hydrogens (primary N) is 1. The standard InChI is InChI=1S/C25H21F3N4O/c1-14(2)15-4-3-5-17(10-15)23(33)31-19-7-8-21(25(26,27)28)20(12-19)16-6-9-22-18(11-16)13-30-24(29)32-22/h3-14H,1-2H3,(H,31,33)(H2,29,30,32). The van der Waals surface area contributed by atoms with Gasteiger partial charge in [-0.05, 0) is 65.1 Å². The van der Waals surface area contributed by atoms with Gasteiger partial charge in [0.2, 0.25) is 5.95 Å². The third kappa shape index (κ3) is 4.79. The van der Waals surface area contributed by atoms with Crippen LogP contribution in [0.4, 0.5) is 24.8 Å². The number of nitrogens with one attached hydrogen (secondary N) is 1. The molecule has 5 nitrogen and oxygen atoms in total. The smallest absolute Gasteiger partial charge is 0.368 e. The van der Waals surface area contributed by atoms with E-state index in [-0.39, 0.29) is 23.1 Å². The molecule has 4 rings (SSSR count). The molecule has 3 N–H and O–H groups in total. The number of hydrogen-bond donors (Lipinski definition) is 2. The van der Waals surface area contributed by atoms with Gasteiger partial charge in [-0.2, -0.15) is 13.2 Å². The maximum absolute atomic E-state index is 13.8. The molecule has 1 aromatic heterocycles. The van der Waals surface area contributed by atoms with E-state index in [1.165, 1.54) is 24.4 Å². The van der Waals surface area contributed by atoms with Crippen LogP contribution in [0.3, 0.4) is 0 Å². The summed E-state index contributed by atoms with van der Waals surface area (Å²) in [6.45, 7) is 4.03. The zero-order valence-corrected chi connectivity index (χ0v) is 17.9. The number of nitrogens with zero attached hydrogens (tertiary/aromatic N) is 2. The molecule has 0 fully saturated rings. The number of aromatic nitrogens is 2. The van der Waals surface area contributed by atoms with Gasteiger partial charge in [0.05, 0.1) is 11.1 Å². The van der Waals surface area contributed by atoms with Crippen molar-refractivity contribution in [2.24, 2.45) is 0 Å². The first kappa shape index (κ1) is 22.3. The minimum absolute atomic E-state index is 0.0602. The Morgan fingerprint density at radius 1 is 1.03 bits per heavy atom. The first-order valence-electron chi connectivity index (χ1n) is 10.3. The molecular weight excluding hydrogens is 429 g/mol. The van der Waals surface area contributed by atoms with E-state index in [1.54, 1.807) is 30.3 Å². The van der Waals surface area contributed by atoms with Gasteiger partial charge in [-0.1, -0.05) is 32.0 Å². The van der Waals surface area contributed by atoms with Crippen LogP contribution < -0.4 is 11.1 Å². The summed E-state index contributed by atoms with van der Waals surface area (Å²) < 4.78 is 41.3. The lowest BCUT2D eigenvalue weighted by molar-refractivity contribution is -0.137. The number of fused-ring (bicyclic) bond motifs is 1. The fourth-order valence-electron chi connectivity index (χ4n) is 3.57. The van der Waals surface area contributed by atoms with Crippen molar-refractivity contribution in [1.29, 1.82) is 0 Å². The van der Waals surface area contributed by atoms with Gasteiger partial charge in [0.15, 0.2) is 0 Å². The molecule has 8 heteroatoms. The van der Waals surface area contributed by atoms with Crippen molar-refractivity contribution in [1.82, 2.24) is 9.97 Å². The Hall–Kier alpha value is -3.94. The molecule has 0 saturated carbocycles. The number of hydrogen-bond acceptors (Lipinski definition) is 4. The van der Waals surface area contributed by atoms with Crippen molar-refractivity contribution >= 4 is 28.4 Å². The third-order valence-electron chi connectivity index (χ3n) is 5.31. The normalized spacial score (nSPS) is 11.7. The number of nitrogen functional groups attached to an aromatic ring is 1. The van der Waals surface area contributed by atoms with Crippen LogP contribution in [0.5, 0.6) is 0 Å². The number of amides is 1. The maximum atomic E-state index is 13.8. The van der Waals surface area contributed by atoms with Crippen LogP contribution >= 0.6 is 0 Å². The summed E-state index contributed by atoms with van der Waals surface area (Å²) in [7, 11) is 0. The van der Waals surface area contributed by atoms with E-state index in [9.17, 15) is 18.0 Å². The molecule has 0 saturated heterocycles. The Balaban J connectivity index is 1.73. The molecule has 0 aliphatic heterocycles. The van der Waals surface area contributed by atoms with Crippen LogP contribution in [0.15, 0.2) is 66.9 Å². The number of carbonyl (C=O) groups is 1. The fourth-order valence-corrected chi connectivity index (χ4v) is 3.57. The molecule has 1 amide bonds. The Morgan fingerprint density at radius 2 is 1.82 bits per heavy atom. The first-order chi connectivity index (χ1) is 15.6. The summed E-state index contributed by atoms with van der Waals surface area (Å²) >= 11 is 0. The molecule has 3 aromatic carbocycles. The lowest BCUT2D eigenvalue weighted by Crippen LogP contribution is -2.13. The molecule has 0 atom stereocenters. The lowest BCUT2D eigenvalue weighted by atomic mass is 9.97. The van der Waals surface area contributed by atoms with Gasteiger partial charge in [0, 0.05) is 22.8 Å². The highest BCUT2D eigenvalue weighted by molar-refractivity contribution is 6.04. The van der Waals surface area contributed by atoms with Crippen LogP contribution in [0.2, 0.25) is 0 Å². The zero-order valence-electron chi connectivity index (χ0n) is 17.9. The van der Waals surface area contributed by atoms with Crippen LogP contribution in [-0.2, 0) is 6.18 Å². The van der Waals surface area contributed by atoms with Gasteiger partial charge in [-0.3, -0.25) is 4.79 Å². The van der Waals surface area contributed by atoms with Gasteiger partial charge in [0.1, 0.15) is 0 Å². The molecule has 0 spiro atoms. The third-order valence-corrected chi connectivity index (χ3v) is 5.31. The summed E-state index contributed by atoms with van der Waals surface area (Å²) in [5.74, 6) is -0.0780. The highest BCUT2D eigenvalue weighted by Crippen LogP contribution is 2.39.